The summed E-state index contributed by atoms with van der Waals surface area (Å²) in [5.41, 5.74) is 4.29. The fourth-order valence-corrected chi connectivity index (χ4v) is 5.45. The molecule has 1 heterocycles. The van der Waals surface area contributed by atoms with E-state index >= 15 is 0 Å². The van der Waals surface area contributed by atoms with E-state index in [0.29, 0.717) is 25.8 Å². The van der Waals surface area contributed by atoms with Gasteiger partial charge in [-0.05, 0) is 60.6 Å². The summed E-state index contributed by atoms with van der Waals surface area (Å²) >= 11 is 0. The molecule has 0 saturated heterocycles. The molecule has 0 N–H and O–H groups in total. The number of rotatable bonds is 5. The molecule has 0 aromatic heterocycles. The highest BCUT2D eigenvalue weighted by Gasteiger charge is 2.56. The molecular weight excluding hydrogens is 401 g/mol. The van der Waals surface area contributed by atoms with Gasteiger partial charge in [-0.3, -0.25) is 9.59 Å². The summed E-state index contributed by atoms with van der Waals surface area (Å²) in [6.07, 6.45) is 2.28. The minimum absolute atomic E-state index is 0.0248. The summed E-state index contributed by atoms with van der Waals surface area (Å²) in [5.74, 6) is -0.0351. The predicted molar refractivity (Wildman–Crippen MR) is 123 cm³/mol. The van der Waals surface area contributed by atoms with Gasteiger partial charge in [-0.25, -0.2) is 4.39 Å². The summed E-state index contributed by atoms with van der Waals surface area (Å²) in [6, 6.07) is 22.6. The maximum Gasteiger partial charge on any atom is 0.238 e. The molecule has 1 fully saturated rings. The van der Waals surface area contributed by atoms with E-state index in [9.17, 15) is 14.0 Å². The Kier molecular flexibility index (Phi) is 5.16. The van der Waals surface area contributed by atoms with E-state index in [1.165, 1.54) is 17.7 Å². The first kappa shape index (κ1) is 20.6. The lowest BCUT2D eigenvalue weighted by atomic mass is 9.66. The Labute approximate surface area is 187 Å². The lowest BCUT2D eigenvalue weighted by Crippen LogP contribution is -2.46. The van der Waals surface area contributed by atoms with Gasteiger partial charge in [0, 0.05) is 18.5 Å². The molecule has 0 bridgehead atoms. The Morgan fingerprint density at radius 2 is 1.62 bits per heavy atom. The van der Waals surface area contributed by atoms with E-state index in [2.05, 4.69) is 37.3 Å². The minimum atomic E-state index is -0.766. The quantitative estimate of drug-likeness (QED) is 0.537. The van der Waals surface area contributed by atoms with E-state index in [1.54, 1.807) is 12.1 Å². The third kappa shape index (κ3) is 3.44. The summed E-state index contributed by atoms with van der Waals surface area (Å²) in [6.45, 7) is 2.43. The van der Waals surface area contributed by atoms with Crippen molar-refractivity contribution in [2.75, 3.05) is 4.90 Å². The number of aryl methyl sites for hydroxylation is 1. The summed E-state index contributed by atoms with van der Waals surface area (Å²) < 4.78 is 13.4. The Balaban J connectivity index is 1.61. The number of para-hydroxylation sites is 1. The molecule has 3 aromatic rings. The zero-order chi connectivity index (χ0) is 22.3. The van der Waals surface area contributed by atoms with Crippen molar-refractivity contribution in [3.05, 3.63) is 101 Å². The summed E-state index contributed by atoms with van der Waals surface area (Å²) in [4.78, 5) is 28.4. The van der Waals surface area contributed by atoms with Crippen molar-refractivity contribution in [3.8, 4) is 0 Å². The Morgan fingerprint density at radius 3 is 2.31 bits per heavy atom. The third-order valence-electron chi connectivity index (χ3n) is 7.10. The fourth-order valence-electron chi connectivity index (χ4n) is 5.45. The van der Waals surface area contributed by atoms with Gasteiger partial charge in [0.15, 0.2) is 0 Å². The van der Waals surface area contributed by atoms with Crippen molar-refractivity contribution >= 4 is 17.4 Å². The largest absolute Gasteiger partial charge is 0.307 e. The summed E-state index contributed by atoms with van der Waals surface area (Å²) in [5, 5.41) is 0. The molecule has 1 aliphatic carbocycles. The van der Waals surface area contributed by atoms with Crippen molar-refractivity contribution in [2.45, 2.75) is 44.6 Å². The normalized spacial score (nSPS) is 22.4. The number of fused-ring (bicyclic) bond motifs is 1. The standard InChI is InChI=1S/C28H26FNO2/c1-19-6-8-20(9-7-19)17-28(22-12-15-24(31)16-22)25-4-2-3-5-26(25)30(27(28)32)18-21-10-13-23(29)14-11-21/h2-11,13-14,22H,12,15-18H2,1H3/t22-,28-/m0/s1. The van der Waals surface area contributed by atoms with Crippen molar-refractivity contribution in [3.63, 3.8) is 0 Å². The van der Waals surface area contributed by atoms with E-state index in [4.69, 9.17) is 0 Å². The van der Waals surface area contributed by atoms with Crippen LogP contribution in [0.3, 0.4) is 0 Å². The molecule has 162 valence electrons. The molecule has 1 amide bonds. The molecular formula is C28H26FNO2. The van der Waals surface area contributed by atoms with E-state index in [0.717, 1.165) is 28.8 Å². The number of halogens is 1. The van der Waals surface area contributed by atoms with E-state index in [1.807, 2.05) is 23.1 Å². The van der Waals surface area contributed by atoms with Crippen molar-refractivity contribution < 1.29 is 14.0 Å². The monoisotopic (exact) mass is 427 g/mol. The molecule has 4 heteroatoms. The first-order chi connectivity index (χ1) is 15.5. The van der Waals surface area contributed by atoms with Crippen LogP contribution in [0.15, 0.2) is 72.8 Å². The maximum atomic E-state index is 14.3. The molecule has 3 nitrogen and oxygen atoms in total. The number of anilines is 1. The van der Waals surface area contributed by atoms with Gasteiger partial charge in [0.05, 0.1) is 12.0 Å². The van der Waals surface area contributed by atoms with Crippen LogP contribution in [0.4, 0.5) is 10.1 Å². The Hall–Kier alpha value is -3.27. The van der Waals surface area contributed by atoms with Gasteiger partial charge in [0.25, 0.3) is 0 Å². The van der Waals surface area contributed by atoms with Gasteiger partial charge in [-0.2, -0.15) is 0 Å². The zero-order valence-electron chi connectivity index (χ0n) is 18.2. The lowest BCUT2D eigenvalue weighted by molar-refractivity contribution is -0.125. The molecule has 2 aliphatic rings. The van der Waals surface area contributed by atoms with Crippen LogP contribution < -0.4 is 4.90 Å². The molecule has 1 saturated carbocycles. The molecule has 3 aromatic carbocycles. The SMILES string of the molecule is Cc1ccc(C[C@@]2([C@H]3CCC(=O)C3)C(=O)N(Cc3ccc(F)cc3)c3ccccc32)cc1. The molecule has 2 atom stereocenters. The Bertz CT molecular complexity index is 1170. The molecule has 32 heavy (non-hydrogen) atoms. The number of ketones is 1. The Morgan fingerprint density at radius 1 is 0.938 bits per heavy atom. The smallest absolute Gasteiger partial charge is 0.238 e. The zero-order valence-corrected chi connectivity index (χ0v) is 18.2. The van der Waals surface area contributed by atoms with Crippen LogP contribution in [-0.2, 0) is 28.0 Å². The van der Waals surface area contributed by atoms with Crippen molar-refractivity contribution in [1.29, 1.82) is 0 Å². The van der Waals surface area contributed by atoms with Crippen LogP contribution in [0, 0.1) is 18.7 Å². The van der Waals surface area contributed by atoms with Crippen LogP contribution in [0.2, 0.25) is 0 Å². The fraction of sp³-hybridized carbons (Fsp3) is 0.286. The molecule has 0 unspecified atom stereocenters. The van der Waals surface area contributed by atoms with Crippen LogP contribution in [0.25, 0.3) is 0 Å². The van der Waals surface area contributed by atoms with Crippen LogP contribution in [0.5, 0.6) is 0 Å². The molecule has 0 spiro atoms. The second-order valence-electron chi connectivity index (χ2n) is 9.15. The highest BCUT2D eigenvalue weighted by Crippen LogP contribution is 2.52. The van der Waals surface area contributed by atoms with E-state index < -0.39 is 5.41 Å². The number of hydrogen-bond acceptors (Lipinski definition) is 2. The minimum Gasteiger partial charge on any atom is -0.307 e. The number of carbonyl (C=O) groups excluding carboxylic acids is 2. The number of nitrogens with zero attached hydrogens (tertiary/aromatic N) is 1. The van der Waals surface area contributed by atoms with Gasteiger partial charge in [0.2, 0.25) is 5.91 Å². The molecule has 5 rings (SSSR count). The number of carbonyl (C=O) groups is 2. The van der Waals surface area contributed by atoms with Crippen LogP contribution in [-0.4, -0.2) is 11.7 Å². The third-order valence-corrected chi connectivity index (χ3v) is 7.10. The van der Waals surface area contributed by atoms with Crippen LogP contribution >= 0.6 is 0 Å². The van der Waals surface area contributed by atoms with Crippen LogP contribution in [0.1, 0.15) is 41.5 Å². The second kappa shape index (κ2) is 8.01. The maximum absolute atomic E-state index is 14.3. The number of benzene rings is 3. The number of Topliss-reactive ketones (excluding diaryl/α,β-unsaturated/α-hetero) is 1. The summed E-state index contributed by atoms with van der Waals surface area (Å²) in [7, 11) is 0. The first-order valence-electron chi connectivity index (χ1n) is 11.2. The second-order valence-corrected chi connectivity index (χ2v) is 9.15. The highest BCUT2D eigenvalue weighted by atomic mass is 19.1. The topological polar surface area (TPSA) is 37.4 Å². The first-order valence-corrected chi connectivity index (χ1v) is 11.2. The highest BCUT2D eigenvalue weighted by molar-refractivity contribution is 6.09. The van der Waals surface area contributed by atoms with Crippen molar-refractivity contribution in [2.24, 2.45) is 5.92 Å². The average molecular weight is 428 g/mol. The van der Waals surface area contributed by atoms with Gasteiger partial charge in [-0.1, -0.05) is 60.2 Å². The van der Waals surface area contributed by atoms with Gasteiger partial charge < -0.3 is 4.90 Å². The van der Waals surface area contributed by atoms with Crippen molar-refractivity contribution in [1.82, 2.24) is 0 Å². The van der Waals surface area contributed by atoms with E-state index in [-0.39, 0.29) is 23.4 Å². The predicted octanol–water partition coefficient (Wildman–Crippen LogP) is 5.53. The molecule has 1 aliphatic heterocycles. The van der Waals surface area contributed by atoms with Gasteiger partial charge >= 0.3 is 0 Å². The average Bonchev–Trinajstić information content (AvgIpc) is 3.33. The van der Waals surface area contributed by atoms with Gasteiger partial charge in [-0.15, -0.1) is 0 Å². The number of hydrogen-bond donors (Lipinski definition) is 0. The van der Waals surface area contributed by atoms with Gasteiger partial charge in [0.1, 0.15) is 11.6 Å². The lowest BCUT2D eigenvalue weighted by Gasteiger charge is -2.35. The molecule has 0 radical (unpaired) electrons. The number of amides is 1.